The van der Waals surface area contributed by atoms with Crippen LogP contribution in [0.25, 0.3) is 0 Å². The fourth-order valence-electron chi connectivity index (χ4n) is 2.18. The fourth-order valence-corrected chi connectivity index (χ4v) is 5.18. The van der Waals surface area contributed by atoms with Crippen LogP contribution in [0, 0.1) is 6.92 Å². The smallest absolute Gasteiger partial charge is 0.260 e. The second-order valence-corrected chi connectivity index (χ2v) is 8.82. The van der Waals surface area contributed by atoms with Gasteiger partial charge in [0.05, 0.1) is 11.5 Å². The summed E-state index contributed by atoms with van der Waals surface area (Å²) in [5, 5.41) is 6.27. The van der Waals surface area contributed by atoms with Crippen molar-refractivity contribution in [3.63, 3.8) is 0 Å². The van der Waals surface area contributed by atoms with Crippen molar-refractivity contribution < 1.29 is 16.8 Å². The molecule has 4 N–H and O–H groups in total. The Hall–Kier alpha value is -0.970. The first-order chi connectivity index (χ1) is 9.25. The Bertz CT molecular complexity index is 679. The SMILES string of the molecule is Cc1[nH]nc(S(=O)(=O)NC2CCS(=O)(=O)CC2)c1CN. The lowest BCUT2D eigenvalue weighted by atomic mass is 10.2. The summed E-state index contributed by atoms with van der Waals surface area (Å²) < 4.78 is 49.7. The van der Waals surface area contributed by atoms with Gasteiger partial charge in [-0.15, -0.1) is 0 Å². The molecular formula is C10H18N4O4S2. The first-order valence-electron chi connectivity index (χ1n) is 6.22. The zero-order valence-corrected chi connectivity index (χ0v) is 12.7. The molecule has 2 rings (SSSR count). The van der Waals surface area contributed by atoms with Gasteiger partial charge in [-0.3, -0.25) is 5.10 Å². The lowest BCUT2D eigenvalue weighted by Crippen LogP contribution is -2.41. The summed E-state index contributed by atoms with van der Waals surface area (Å²) >= 11 is 0. The van der Waals surface area contributed by atoms with E-state index in [1.54, 1.807) is 6.92 Å². The molecule has 0 saturated carbocycles. The Morgan fingerprint density at radius 2 is 2.00 bits per heavy atom. The number of hydrogen-bond donors (Lipinski definition) is 3. The zero-order chi connectivity index (χ0) is 15.0. The zero-order valence-electron chi connectivity index (χ0n) is 11.1. The molecule has 1 aliphatic rings. The molecule has 8 nitrogen and oxygen atoms in total. The molecule has 0 spiro atoms. The Balaban J connectivity index is 2.16. The number of sulfone groups is 1. The van der Waals surface area contributed by atoms with E-state index in [1.165, 1.54) is 0 Å². The Labute approximate surface area is 118 Å². The molecule has 0 atom stereocenters. The van der Waals surface area contributed by atoms with Gasteiger partial charge < -0.3 is 5.73 Å². The van der Waals surface area contributed by atoms with E-state index < -0.39 is 19.9 Å². The molecule has 114 valence electrons. The lowest BCUT2D eigenvalue weighted by Gasteiger charge is -2.22. The van der Waals surface area contributed by atoms with Gasteiger partial charge in [-0.2, -0.15) is 5.10 Å². The molecule has 2 heterocycles. The topological polar surface area (TPSA) is 135 Å². The summed E-state index contributed by atoms with van der Waals surface area (Å²) in [6.45, 7) is 1.76. The van der Waals surface area contributed by atoms with Crippen molar-refractivity contribution in [2.24, 2.45) is 5.73 Å². The first-order valence-corrected chi connectivity index (χ1v) is 9.52. The minimum absolute atomic E-state index is 0.00350. The third-order valence-electron chi connectivity index (χ3n) is 3.37. The molecule has 1 saturated heterocycles. The molecule has 0 amide bonds. The molecule has 0 aliphatic carbocycles. The van der Waals surface area contributed by atoms with Gasteiger partial charge in [-0.1, -0.05) is 0 Å². The van der Waals surface area contributed by atoms with Crippen LogP contribution in [0.1, 0.15) is 24.1 Å². The van der Waals surface area contributed by atoms with Gasteiger partial charge in [0.25, 0.3) is 10.0 Å². The largest absolute Gasteiger partial charge is 0.326 e. The van der Waals surface area contributed by atoms with E-state index in [4.69, 9.17) is 5.73 Å². The lowest BCUT2D eigenvalue weighted by molar-refractivity contribution is 0.503. The van der Waals surface area contributed by atoms with Crippen molar-refractivity contribution in [3.05, 3.63) is 11.3 Å². The Morgan fingerprint density at radius 3 is 2.55 bits per heavy atom. The molecular weight excluding hydrogens is 304 g/mol. The van der Waals surface area contributed by atoms with Gasteiger partial charge in [-0.05, 0) is 19.8 Å². The van der Waals surface area contributed by atoms with E-state index in [0.717, 1.165) is 0 Å². The minimum Gasteiger partial charge on any atom is -0.326 e. The van der Waals surface area contributed by atoms with Crippen LogP contribution in [0.2, 0.25) is 0 Å². The molecule has 1 aromatic heterocycles. The van der Waals surface area contributed by atoms with E-state index in [1.807, 2.05) is 0 Å². The highest BCUT2D eigenvalue weighted by atomic mass is 32.2. The second-order valence-electron chi connectivity index (χ2n) is 4.88. The summed E-state index contributed by atoms with van der Waals surface area (Å²) in [4.78, 5) is 0. The highest BCUT2D eigenvalue weighted by Crippen LogP contribution is 2.18. The quantitative estimate of drug-likeness (QED) is 0.653. The van der Waals surface area contributed by atoms with Crippen LogP contribution < -0.4 is 10.5 Å². The van der Waals surface area contributed by atoms with Crippen molar-refractivity contribution in [2.45, 2.75) is 37.4 Å². The van der Waals surface area contributed by atoms with Gasteiger partial charge in [0.15, 0.2) is 5.03 Å². The van der Waals surface area contributed by atoms with E-state index in [9.17, 15) is 16.8 Å². The number of aromatic amines is 1. The number of nitrogens with zero attached hydrogens (tertiary/aromatic N) is 1. The number of nitrogens with one attached hydrogen (secondary N) is 2. The average molecular weight is 322 g/mol. The van der Waals surface area contributed by atoms with Crippen LogP contribution in [-0.4, -0.2) is 44.6 Å². The van der Waals surface area contributed by atoms with Crippen LogP contribution >= 0.6 is 0 Å². The van der Waals surface area contributed by atoms with E-state index >= 15 is 0 Å². The van der Waals surface area contributed by atoms with Crippen LogP contribution in [0.4, 0.5) is 0 Å². The molecule has 20 heavy (non-hydrogen) atoms. The molecule has 0 aromatic carbocycles. The van der Waals surface area contributed by atoms with Gasteiger partial charge in [-0.25, -0.2) is 21.6 Å². The van der Waals surface area contributed by atoms with Crippen LogP contribution in [0.15, 0.2) is 5.03 Å². The predicted molar refractivity (Wildman–Crippen MR) is 73.2 cm³/mol. The van der Waals surface area contributed by atoms with Gasteiger partial charge >= 0.3 is 0 Å². The number of aromatic nitrogens is 2. The monoisotopic (exact) mass is 322 g/mol. The maximum Gasteiger partial charge on any atom is 0.260 e. The van der Waals surface area contributed by atoms with Crippen molar-refractivity contribution in [1.82, 2.24) is 14.9 Å². The van der Waals surface area contributed by atoms with Gasteiger partial charge in [0.2, 0.25) is 0 Å². The maximum atomic E-state index is 12.3. The third-order valence-corrected chi connectivity index (χ3v) is 6.58. The third kappa shape index (κ3) is 3.19. The van der Waals surface area contributed by atoms with Crippen molar-refractivity contribution >= 4 is 19.9 Å². The summed E-state index contributed by atoms with van der Waals surface area (Å²) in [6.07, 6.45) is 0.561. The molecule has 0 unspecified atom stereocenters. The van der Waals surface area contributed by atoms with Crippen molar-refractivity contribution in [2.75, 3.05) is 11.5 Å². The average Bonchev–Trinajstić information content (AvgIpc) is 2.74. The van der Waals surface area contributed by atoms with E-state index in [-0.39, 0.29) is 42.0 Å². The number of aryl methyl sites for hydroxylation is 1. The molecule has 0 bridgehead atoms. The number of nitrogens with two attached hydrogens (primary N) is 1. The highest BCUT2D eigenvalue weighted by molar-refractivity contribution is 7.91. The van der Waals surface area contributed by atoms with E-state index in [0.29, 0.717) is 11.3 Å². The van der Waals surface area contributed by atoms with Crippen LogP contribution in [-0.2, 0) is 26.4 Å². The number of H-pyrrole nitrogens is 1. The molecule has 1 aromatic rings. The van der Waals surface area contributed by atoms with Crippen molar-refractivity contribution in [1.29, 1.82) is 0 Å². The molecule has 1 aliphatic heterocycles. The van der Waals surface area contributed by atoms with E-state index in [2.05, 4.69) is 14.9 Å². The number of sulfonamides is 1. The summed E-state index contributed by atoms with van der Waals surface area (Å²) in [5.74, 6) is 0.00700. The summed E-state index contributed by atoms with van der Waals surface area (Å²) in [7, 11) is -6.81. The van der Waals surface area contributed by atoms with Crippen LogP contribution in [0.5, 0.6) is 0 Å². The normalized spacial score (nSPS) is 20.1. The standard InChI is InChI=1S/C10H18N4O4S2/c1-7-9(6-11)10(13-12-7)20(17,18)14-8-2-4-19(15,16)5-3-8/h8,14H,2-6,11H2,1H3,(H,12,13). The Morgan fingerprint density at radius 1 is 1.40 bits per heavy atom. The van der Waals surface area contributed by atoms with Gasteiger partial charge in [0, 0.05) is 23.8 Å². The predicted octanol–water partition coefficient (Wildman–Crippen LogP) is -0.968. The maximum absolute atomic E-state index is 12.3. The molecule has 0 radical (unpaired) electrons. The number of hydrogen-bond acceptors (Lipinski definition) is 6. The first kappa shape index (κ1) is 15.4. The van der Waals surface area contributed by atoms with Gasteiger partial charge in [0.1, 0.15) is 9.84 Å². The highest BCUT2D eigenvalue weighted by Gasteiger charge is 2.30. The molecule has 10 heteroatoms. The van der Waals surface area contributed by atoms with Crippen LogP contribution in [0.3, 0.4) is 0 Å². The fraction of sp³-hybridized carbons (Fsp3) is 0.700. The number of rotatable bonds is 4. The summed E-state index contributed by atoms with van der Waals surface area (Å²) in [6, 6.07) is -0.383. The minimum atomic E-state index is -3.79. The molecule has 1 fully saturated rings. The second kappa shape index (κ2) is 5.43. The Kier molecular flexibility index (Phi) is 4.19. The summed E-state index contributed by atoms with van der Waals surface area (Å²) in [5.41, 5.74) is 6.59. The van der Waals surface area contributed by atoms with Crippen molar-refractivity contribution in [3.8, 4) is 0 Å².